The Kier molecular flexibility index (Phi) is 5.06. The fourth-order valence-electron chi connectivity index (χ4n) is 4.72. The van der Waals surface area contributed by atoms with Crippen LogP contribution in [0.2, 0.25) is 0 Å². The first-order chi connectivity index (χ1) is 15.9. The van der Waals surface area contributed by atoms with E-state index in [0.29, 0.717) is 11.3 Å². The van der Waals surface area contributed by atoms with Gasteiger partial charge in [0.05, 0.1) is 24.5 Å². The summed E-state index contributed by atoms with van der Waals surface area (Å²) in [6.07, 6.45) is -0.955. The van der Waals surface area contributed by atoms with Gasteiger partial charge in [0.25, 0.3) is 5.91 Å². The standard InChI is InChI=1S/C26H24N2O5/c1-15-9-11-19(16(2)13-15)27-25(30)22-23(17-10-12-20(29)21(14-17)32-3)28(33-24(22)26(27)31)18-7-5-4-6-8-18/h4-14,22-24,29H,1-3H3/t22-,23-,24-/m0/s1. The Balaban J connectivity index is 1.61. The number of hydrogen-bond acceptors (Lipinski definition) is 6. The van der Waals surface area contributed by atoms with Crippen molar-refractivity contribution in [1.82, 2.24) is 0 Å². The van der Waals surface area contributed by atoms with Crippen LogP contribution in [0.25, 0.3) is 0 Å². The first kappa shape index (κ1) is 21.0. The number of rotatable bonds is 4. The third-order valence-electron chi connectivity index (χ3n) is 6.26. The molecule has 5 rings (SSSR count). The van der Waals surface area contributed by atoms with E-state index in [9.17, 15) is 14.7 Å². The number of amides is 2. The van der Waals surface area contributed by atoms with Crippen LogP contribution in [0.4, 0.5) is 11.4 Å². The minimum absolute atomic E-state index is 0.00583. The zero-order valence-electron chi connectivity index (χ0n) is 18.6. The predicted octanol–water partition coefficient (Wildman–Crippen LogP) is 4.07. The van der Waals surface area contributed by atoms with E-state index in [2.05, 4.69) is 0 Å². The SMILES string of the molecule is COc1cc([C@H]2[C@@H]3C(=O)N(c4ccc(C)cc4C)C(=O)[C@H]3ON2c2ccccc2)ccc1O. The summed E-state index contributed by atoms with van der Waals surface area (Å²) < 4.78 is 5.29. The number of benzene rings is 3. The highest BCUT2D eigenvalue weighted by molar-refractivity contribution is 6.24. The number of hydroxylamine groups is 1. The predicted molar refractivity (Wildman–Crippen MR) is 123 cm³/mol. The number of fused-ring (bicyclic) bond motifs is 1. The van der Waals surface area contributed by atoms with E-state index in [-0.39, 0.29) is 23.3 Å². The van der Waals surface area contributed by atoms with E-state index < -0.39 is 18.1 Å². The highest BCUT2D eigenvalue weighted by Gasteiger charge is 2.60. The highest BCUT2D eigenvalue weighted by Crippen LogP contribution is 2.48. The van der Waals surface area contributed by atoms with Crippen LogP contribution in [0.1, 0.15) is 22.7 Å². The van der Waals surface area contributed by atoms with Crippen LogP contribution < -0.4 is 14.7 Å². The van der Waals surface area contributed by atoms with Crippen molar-refractivity contribution in [2.45, 2.75) is 26.0 Å². The molecule has 0 spiro atoms. The van der Waals surface area contributed by atoms with Crippen molar-refractivity contribution in [3.05, 3.63) is 83.4 Å². The van der Waals surface area contributed by atoms with Gasteiger partial charge >= 0.3 is 0 Å². The fourth-order valence-corrected chi connectivity index (χ4v) is 4.72. The van der Waals surface area contributed by atoms with Crippen LogP contribution in [0.5, 0.6) is 11.5 Å². The van der Waals surface area contributed by atoms with Gasteiger partial charge in [-0.05, 0) is 55.3 Å². The minimum atomic E-state index is -0.955. The molecule has 2 aliphatic rings. The Morgan fingerprint density at radius 3 is 2.39 bits per heavy atom. The Hall–Kier alpha value is -3.84. The van der Waals surface area contributed by atoms with E-state index in [4.69, 9.17) is 9.57 Å². The molecular formula is C26H24N2O5. The summed E-state index contributed by atoms with van der Waals surface area (Å²) in [4.78, 5) is 34.6. The van der Waals surface area contributed by atoms with Crippen molar-refractivity contribution in [1.29, 1.82) is 0 Å². The number of nitrogens with zero attached hydrogens (tertiary/aromatic N) is 2. The second kappa shape index (κ2) is 7.94. The number of anilines is 2. The maximum atomic E-state index is 13.7. The van der Waals surface area contributed by atoms with Gasteiger partial charge in [-0.25, -0.2) is 9.96 Å². The van der Waals surface area contributed by atoms with Crippen LogP contribution >= 0.6 is 0 Å². The van der Waals surface area contributed by atoms with Crippen LogP contribution in [0.3, 0.4) is 0 Å². The van der Waals surface area contributed by atoms with E-state index in [1.54, 1.807) is 23.3 Å². The van der Waals surface area contributed by atoms with E-state index >= 15 is 0 Å². The minimum Gasteiger partial charge on any atom is -0.504 e. The zero-order valence-corrected chi connectivity index (χ0v) is 18.6. The Bertz CT molecular complexity index is 1240. The zero-order chi connectivity index (χ0) is 23.3. The molecule has 2 amide bonds. The second-order valence-corrected chi connectivity index (χ2v) is 8.39. The molecular weight excluding hydrogens is 420 g/mol. The third-order valence-corrected chi connectivity index (χ3v) is 6.26. The average molecular weight is 444 g/mol. The van der Waals surface area contributed by atoms with Crippen molar-refractivity contribution < 1.29 is 24.3 Å². The number of carbonyl (C=O) groups excluding carboxylic acids is 2. The maximum Gasteiger partial charge on any atom is 0.266 e. The molecule has 2 aliphatic heterocycles. The van der Waals surface area contributed by atoms with E-state index in [0.717, 1.165) is 16.8 Å². The smallest absolute Gasteiger partial charge is 0.266 e. The molecule has 7 nitrogen and oxygen atoms in total. The maximum absolute atomic E-state index is 13.7. The second-order valence-electron chi connectivity index (χ2n) is 8.39. The van der Waals surface area contributed by atoms with Gasteiger partial charge in [0, 0.05) is 0 Å². The summed E-state index contributed by atoms with van der Waals surface area (Å²) in [7, 11) is 1.47. The molecule has 0 radical (unpaired) electrons. The topological polar surface area (TPSA) is 79.3 Å². The number of ether oxygens (including phenoxy) is 1. The molecule has 2 saturated heterocycles. The number of hydrogen-bond donors (Lipinski definition) is 1. The number of carbonyl (C=O) groups is 2. The molecule has 0 bridgehead atoms. The van der Waals surface area contributed by atoms with Crippen molar-refractivity contribution >= 4 is 23.2 Å². The summed E-state index contributed by atoms with van der Waals surface area (Å²) >= 11 is 0. The summed E-state index contributed by atoms with van der Waals surface area (Å²) in [5.41, 5.74) is 3.89. The molecule has 3 aromatic carbocycles. The van der Waals surface area contributed by atoms with Gasteiger partial charge < -0.3 is 9.84 Å². The molecule has 1 N–H and O–H groups in total. The molecule has 7 heteroatoms. The third kappa shape index (κ3) is 3.32. The lowest BCUT2D eigenvalue weighted by molar-refractivity contribution is -0.126. The van der Waals surface area contributed by atoms with Gasteiger partial charge in [-0.1, -0.05) is 42.0 Å². The molecule has 2 heterocycles. The van der Waals surface area contributed by atoms with Crippen LogP contribution in [0.15, 0.2) is 66.7 Å². The van der Waals surface area contributed by atoms with Crippen molar-refractivity contribution in [2.75, 3.05) is 17.1 Å². The Morgan fingerprint density at radius 2 is 1.70 bits per heavy atom. The lowest BCUT2D eigenvalue weighted by Crippen LogP contribution is -2.37. The quantitative estimate of drug-likeness (QED) is 0.611. The summed E-state index contributed by atoms with van der Waals surface area (Å²) in [6, 6.07) is 19.3. The Morgan fingerprint density at radius 1 is 0.939 bits per heavy atom. The van der Waals surface area contributed by atoms with Crippen molar-refractivity contribution in [3.63, 3.8) is 0 Å². The summed E-state index contributed by atoms with van der Waals surface area (Å²) in [5, 5.41) is 11.7. The van der Waals surface area contributed by atoms with E-state index in [1.165, 1.54) is 18.1 Å². The molecule has 2 fully saturated rings. The van der Waals surface area contributed by atoms with Gasteiger partial charge in [-0.3, -0.25) is 14.4 Å². The molecule has 33 heavy (non-hydrogen) atoms. The van der Waals surface area contributed by atoms with Crippen LogP contribution in [0, 0.1) is 19.8 Å². The molecule has 0 aliphatic carbocycles. The Labute approximate surface area is 191 Å². The van der Waals surface area contributed by atoms with Gasteiger partial charge in [-0.2, -0.15) is 0 Å². The first-order valence-electron chi connectivity index (χ1n) is 10.7. The molecule has 0 saturated carbocycles. The molecule has 168 valence electrons. The summed E-state index contributed by atoms with van der Waals surface area (Å²) in [6.45, 7) is 3.85. The molecule has 0 unspecified atom stereocenters. The fraction of sp³-hybridized carbons (Fsp3) is 0.231. The van der Waals surface area contributed by atoms with Crippen molar-refractivity contribution in [3.8, 4) is 11.5 Å². The van der Waals surface area contributed by atoms with Gasteiger partial charge in [0.2, 0.25) is 5.91 Å². The highest BCUT2D eigenvalue weighted by atomic mass is 16.7. The number of aryl methyl sites for hydroxylation is 2. The van der Waals surface area contributed by atoms with Crippen LogP contribution in [-0.2, 0) is 14.4 Å². The van der Waals surface area contributed by atoms with Crippen molar-refractivity contribution in [2.24, 2.45) is 5.92 Å². The molecule has 3 aromatic rings. The lowest BCUT2D eigenvalue weighted by atomic mass is 9.90. The summed E-state index contributed by atoms with van der Waals surface area (Å²) in [5.74, 6) is -1.17. The lowest BCUT2D eigenvalue weighted by Gasteiger charge is -2.29. The molecule has 0 aromatic heterocycles. The van der Waals surface area contributed by atoms with Crippen LogP contribution in [-0.4, -0.2) is 30.1 Å². The molecule has 3 atom stereocenters. The van der Waals surface area contributed by atoms with Gasteiger partial charge in [0.1, 0.15) is 5.92 Å². The van der Waals surface area contributed by atoms with Gasteiger partial charge in [0.15, 0.2) is 17.6 Å². The monoisotopic (exact) mass is 444 g/mol. The van der Waals surface area contributed by atoms with E-state index in [1.807, 2.05) is 56.3 Å². The number of para-hydroxylation sites is 1. The number of phenols is 1. The first-order valence-corrected chi connectivity index (χ1v) is 10.7. The number of imide groups is 1. The number of methoxy groups -OCH3 is 1. The van der Waals surface area contributed by atoms with Gasteiger partial charge in [-0.15, -0.1) is 0 Å². The normalized spacial score (nSPS) is 22.1. The largest absolute Gasteiger partial charge is 0.504 e. The average Bonchev–Trinajstić information content (AvgIpc) is 3.31. The number of aromatic hydroxyl groups is 1. The number of phenolic OH excluding ortho intramolecular Hbond substituents is 1.